The Labute approximate surface area is 803 Å². The lowest BCUT2D eigenvalue weighted by Crippen LogP contribution is -2.49. The van der Waals surface area contributed by atoms with Crippen molar-refractivity contribution in [1.82, 2.24) is 58.3 Å². The Morgan fingerprint density at radius 3 is 0.844 bits per heavy atom. The molecule has 3 aliphatic heterocycles. The number of aromatic nitrogens is 9. The predicted molar refractivity (Wildman–Crippen MR) is 489 cm³/mol. The number of hydrogen-bond donors (Lipinski definition) is 3. The fourth-order valence-corrected chi connectivity index (χ4v) is 17.7. The van der Waals surface area contributed by atoms with E-state index in [0.29, 0.717) is 33.8 Å². The fraction of sp³-hybridized carbons (Fsp3) is 0.274. The average Bonchev–Trinajstić information content (AvgIpc) is 0.724. The number of phenolic OH excluding ortho intramolecular Hbond substituents is 3. The number of aromatic hydroxyl groups is 3. The quantitative estimate of drug-likeness (QED) is 0.0371. The van der Waals surface area contributed by atoms with E-state index in [-0.39, 0.29) is 198 Å². The molecule has 141 heavy (non-hydrogen) atoms. The summed E-state index contributed by atoms with van der Waals surface area (Å²) in [5.41, 5.74) is -13.3. The van der Waals surface area contributed by atoms with Crippen LogP contribution in [0, 0.1) is 113 Å². The van der Waals surface area contributed by atoms with Gasteiger partial charge in [-0.15, -0.1) is 0 Å². The molecule has 0 atom stereocenters. The smallest absolute Gasteiger partial charge is 0.422 e. The number of fused-ring (bicyclic) bond motifs is 3. The molecule has 27 nitrogen and oxygen atoms in total. The molecule has 0 aliphatic carbocycles. The number of pyridine rings is 9. The van der Waals surface area contributed by atoms with E-state index in [4.69, 9.17) is 34.8 Å². The molecule has 9 aromatic heterocycles. The number of nitriles is 3. The third kappa shape index (κ3) is 18.3. The second-order valence-corrected chi connectivity index (χ2v) is 34.4. The van der Waals surface area contributed by atoms with Crippen LogP contribution >= 0.6 is 34.8 Å². The van der Waals surface area contributed by atoms with Gasteiger partial charge >= 0.3 is 12.4 Å². The van der Waals surface area contributed by atoms with Crippen LogP contribution in [0.1, 0.15) is 121 Å². The van der Waals surface area contributed by atoms with Gasteiger partial charge in [0.1, 0.15) is 63.0 Å². The minimum Gasteiger partial charge on any atom is -0.504 e. The van der Waals surface area contributed by atoms with Crippen molar-refractivity contribution in [2.24, 2.45) is 0 Å². The first-order valence-electron chi connectivity index (χ1n) is 42.4. The van der Waals surface area contributed by atoms with E-state index in [9.17, 15) is 117 Å². The van der Waals surface area contributed by atoms with Crippen LogP contribution in [0.4, 0.5) is 87.3 Å². The highest BCUT2D eigenvalue weighted by Crippen LogP contribution is 2.51. The Balaban J connectivity index is 0.000000178. The van der Waals surface area contributed by atoms with Gasteiger partial charge in [0.2, 0.25) is 41.0 Å². The molecule has 3 fully saturated rings. The van der Waals surface area contributed by atoms with Crippen molar-refractivity contribution >= 4 is 103 Å². The highest BCUT2D eigenvalue weighted by Gasteiger charge is 2.46. The zero-order valence-corrected chi connectivity index (χ0v) is 77.6. The Morgan fingerprint density at radius 2 is 0.617 bits per heavy atom. The third-order valence-electron chi connectivity index (χ3n) is 23.7. The van der Waals surface area contributed by atoms with Crippen molar-refractivity contribution in [2.75, 3.05) is 93.2 Å². The number of benzene rings is 3. The van der Waals surface area contributed by atoms with Crippen LogP contribution in [-0.2, 0) is 26.7 Å². The van der Waals surface area contributed by atoms with Gasteiger partial charge in [-0.3, -0.25) is 57.4 Å². The first-order chi connectivity index (χ1) is 66.4. The van der Waals surface area contributed by atoms with E-state index in [1.54, 1.807) is 86.3 Å². The minimum atomic E-state index is -5.73. The molecule has 46 heteroatoms. The van der Waals surface area contributed by atoms with Gasteiger partial charge in [0.25, 0.3) is 16.7 Å². The first kappa shape index (κ1) is 103. The van der Waals surface area contributed by atoms with Crippen molar-refractivity contribution in [3.05, 3.63) is 259 Å². The summed E-state index contributed by atoms with van der Waals surface area (Å²) in [4.78, 5) is 115. The number of carbonyl (C=O) groups excluding carboxylic acids is 3. The van der Waals surface area contributed by atoms with Crippen molar-refractivity contribution in [3.63, 3.8) is 0 Å². The maximum atomic E-state index is 15.5. The standard InChI is InChI=1S/2C32H25ClF6N6O3.C31H25ClF4N6O3/c2*1-5-19(46)43-8-10-44(11-9-43)28-16-12-18(33)26(20-22(34)21(32(37,38)39)23(35)24(36)29(20)47)42-30(16)45(31(48)17(28)13-40)27-15(4)6-7-41-25(27)14(2)3;1-5-19(43)40-8-10-41(11-9-40)28-16-12-18(32)26(20-21(33)22(34)23(35)24(36)29(20)44)39-30(16)42(31(45)17(28)13-37)27-15(4)6-7-38-25(27)14(2)3/h2*5-7,12,14,47H,1,8-11H2,2-4H3;5-7,12,14,44H,1,8-11H2,2-4H3. The van der Waals surface area contributed by atoms with Gasteiger partial charge in [0, 0.05) is 113 Å². The number of carbonyl (C=O) groups is 3. The van der Waals surface area contributed by atoms with E-state index >= 15 is 13.2 Å². The van der Waals surface area contributed by atoms with Crippen LogP contribution in [0.25, 0.3) is 83.9 Å². The molecule has 3 N–H and O–H groups in total. The van der Waals surface area contributed by atoms with E-state index < -0.39 is 164 Å². The van der Waals surface area contributed by atoms with Crippen LogP contribution < -0.4 is 31.4 Å². The van der Waals surface area contributed by atoms with Gasteiger partial charge in [-0.05, 0) is 110 Å². The molecule has 12 aromatic rings. The van der Waals surface area contributed by atoms with E-state index in [0.717, 1.165) is 38.0 Å². The van der Waals surface area contributed by atoms with Crippen LogP contribution in [-0.4, -0.2) is 170 Å². The number of piperazine rings is 3. The van der Waals surface area contributed by atoms with Crippen LogP contribution in [0.2, 0.25) is 15.1 Å². The maximum Gasteiger partial charge on any atom is 0.422 e. The molecule has 15 rings (SSSR count). The minimum absolute atomic E-state index is 0.000108. The van der Waals surface area contributed by atoms with E-state index in [1.807, 2.05) is 32.1 Å². The lowest BCUT2D eigenvalue weighted by Gasteiger charge is -2.36. The highest BCUT2D eigenvalue weighted by molar-refractivity contribution is 6.35. The van der Waals surface area contributed by atoms with Gasteiger partial charge in [-0.1, -0.05) is 96.1 Å². The summed E-state index contributed by atoms with van der Waals surface area (Å²) in [6, 6.07) is 14.0. The molecule has 0 unspecified atom stereocenters. The summed E-state index contributed by atoms with van der Waals surface area (Å²) in [5, 5.41) is 60.7. The van der Waals surface area contributed by atoms with Gasteiger partial charge < -0.3 is 44.7 Å². The Hall–Kier alpha value is -15.2. The van der Waals surface area contributed by atoms with Crippen molar-refractivity contribution in [3.8, 4) is 86.3 Å². The average molecular weight is 2020 g/mol. The first-order valence-corrected chi connectivity index (χ1v) is 43.5. The van der Waals surface area contributed by atoms with Gasteiger partial charge in [-0.25, -0.2) is 45.7 Å². The molecule has 0 bridgehead atoms. The van der Waals surface area contributed by atoms with Crippen LogP contribution in [0.3, 0.4) is 0 Å². The number of amides is 3. The molecule has 0 saturated carbocycles. The van der Waals surface area contributed by atoms with Gasteiger partial charge in [0.05, 0.1) is 100 Å². The molecule has 3 aliphatic rings. The lowest BCUT2D eigenvalue weighted by atomic mass is 10.0. The molecular formula is C95H75Cl3F16N18O9. The number of phenols is 3. The normalized spacial score (nSPS) is 13.6. The summed E-state index contributed by atoms with van der Waals surface area (Å²) >= 11 is 19.5. The number of hydrogen-bond acceptors (Lipinski definition) is 21. The highest BCUT2D eigenvalue weighted by atomic mass is 35.5. The number of halogens is 19. The SMILES string of the molecule is C=CC(=O)N1CCN(c2c(C#N)c(=O)n(-c3c(C)ccnc3C(C)C)c3nc(-c4c(O)c(F)c(F)c(C(F)(F)F)c4F)c(Cl)cc23)CC1.C=CC(=O)N1CCN(c2c(C#N)c(=O)n(-c3c(C)ccnc3C(C)C)c3nc(-c4c(O)c(F)c(F)c(C(F)(F)F)c4F)c(Cl)cc23)CC1.C=CC(=O)N1CCN(c2c(C#N)c(=O)n(-c3c(C)ccnc3C(C)C)c3nc(-c4c(O)c(F)c(F)c(F)c4F)c(Cl)cc23)CC1. The third-order valence-corrected chi connectivity index (χ3v) is 24.6. The summed E-state index contributed by atoms with van der Waals surface area (Å²) in [7, 11) is 0. The zero-order chi connectivity index (χ0) is 104. The molecule has 3 amide bonds. The number of rotatable bonds is 15. The lowest BCUT2D eigenvalue weighted by molar-refractivity contribution is -0.143. The molecular weight excluding hydrogens is 1950 g/mol. The van der Waals surface area contributed by atoms with Gasteiger partial charge in [-0.2, -0.15) is 55.3 Å². The van der Waals surface area contributed by atoms with Crippen LogP contribution in [0.5, 0.6) is 17.2 Å². The number of aryl methyl sites for hydroxylation is 3. The Kier molecular flexibility index (Phi) is 29.3. The summed E-state index contributed by atoms with van der Waals surface area (Å²) in [6.07, 6.45) is -3.51. The number of alkyl halides is 6. The Bertz CT molecular complexity index is 7330. The van der Waals surface area contributed by atoms with Crippen molar-refractivity contribution in [2.45, 2.75) is 92.4 Å². The molecule has 12 heterocycles. The van der Waals surface area contributed by atoms with Crippen molar-refractivity contribution in [1.29, 1.82) is 15.8 Å². The van der Waals surface area contributed by atoms with Crippen molar-refractivity contribution < 1.29 is 99.9 Å². The molecule has 0 radical (unpaired) electrons. The largest absolute Gasteiger partial charge is 0.504 e. The Morgan fingerprint density at radius 1 is 0.383 bits per heavy atom. The number of nitrogens with zero attached hydrogens (tertiary/aromatic N) is 18. The van der Waals surface area contributed by atoms with E-state index in [1.165, 1.54) is 40.5 Å². The fourth-order valence-electron chi connectivity index (χ4n) is 17.0. The van der Waals surface area contributed by atoms with Gasteiger partial charge in [0.15, 0.2) is 52.2 Å². The number of anilines is 3. The summed E-state index contributed by atoms with van der Waals surface area (Å²) in [6.45, 7) is 28.1. The second-order valence-electron chi connectivity index (χ2n) is 33.2. The van der Waals surface area contributed by atoms with E-state index in [2.05, 4.69) is 49.6 Å². The predicted octanol–water partition coefficient (Wildman–Crippen LogP) is 18.3. The molecule has 3 aromatic carbocycles. The maximum absolute atomic E-state index is 15.5. The molecule has 0 spiro atoms. The zero-order valence-electron chi connectivity index (χ0n) is 75.3. The summed E-state index contributed by atoms with van der Waals surface area (Å²) in [5.74, 6) is -30.5. The molecule has 732 valence electrons. The monoisotopic (exact) mass is 2020 g/mol. The molecule has 3 saturated heterocycles. The second kappa shape index (κ2) is 40.0. The summed E-state index contributed by atoms with van der Waals surface area (Å²) < 4.78 is 232. The van der Waals surface area contributed by atoms with Crippen LogP contribution in [0.15, 0.2) is 107 Å². The topological polar surface area (TPSA) is 346 Å².